The number of fused-ring (bicyclic) bond motifs is 1. The van der Waals surface area contributed by atoms with Crippen molar-refractivity contribution in [2.75, 3.05) is 26.2 Å². The highest BCUT2D eigenvalue weighted by Gasteiger charge is 2.45. The predicted molar refractivity (Wildman–Crippen MR) is 120 cm³/mol. The zero-order valence-electron chi connectivity index (χ0n) is 18.7. The van der Waals surface area contributed by atoms with Crippen LogP contribution in [0.5, 0.6) is 0 Å². The van der Waals surface area contributed by atoms with Crippen molar-refractivity contribution in [1.29, 1.82) is 0 Å². The van der Waals surface area contributed by atoms with E-state index in [0.717, 1.165) is 11.1 Å². The molecule has 0 bridgehead atoms. The number of cyclic esters (lactones) is 1. The quantitative estimate of drug-likeness (QED) is 0.569. The number of amides is 1. The zero-order chi connectivity index (χ0) is 23.0. The van der Waals surface area contributed by atoms with Gasteiger partial charge in [0.15, 0.2) is 5.60 Å². The van der Waals surface area contributed by atoms with Crippen LogP contribution in [0.25, 0.3) is 11.4 Å². The van der Waals surface area contributed by atoms with Crippen molar-refractivity contribution in [3.63, 3.8) is 0 Å². The number of aromatic nitrogens is 2. The molecule has 170 valence electrons. The predicted octanol–water partition coefficient (Wildman–Crippen LogP) is 3.11. The van der Waals surface area contributed by atoms with Crippen molar-refractivity contribution in [3.05, 3.63) is 71.6 Å². The standard InChI is InChI=1S/C25H26N4O4/c1-17(22-26-21(27-33-22)18-8-4-3-5-9-18)28-12-14-29(15-13-28)24(31)25(2)16-19-10-6-7-11-20(19)23(30)32-25/h3-11,17H,12-16H2,1-2H3. The lowest BCUT2D eigenvalue weighted by molar-refractivity contribution is -0.153. The lowest BCUT2D eigenvalue weighted by Crippen LogP contribution is -2.58. The molecule has 1 saturated heterocycles. The summed E-state index contributed by atoms with van der Waals surface area (Å²) in [5, 5.41) is 4.12. The number of benzene rings is 2. The first-order chi connectivity index (χ1) is 15.9. The Morgan fingerprint density at radius 1 is 1.03 bits per heavy atom. The molecule has 2 unspecified atom stereocenters. The molecule has 0 radical (unpaired) electrons. The Hall–Kier alpha value is -3.52. The maximum absolute atomic E-state index is 13.3. The number of rotatable bonds is 4. The van der Waals surface area contributed by atoms with E-state index in [1.807, 2.05) is 49.4 Å². The van der Waals surface area contributed by atoms with Crippen LogP contribution in [0.1, 0.15) is 41.7 Å². The van der Waals surface area contributed by atoms with Crippen molar-refractivity contribution >= 4 is 11.9 Å². The minimum Gasteiger partial charge on any atom is -0.445 e. The number of piperazine rings is 1. The molecule has 2 atom stereocenters. The van der Waals surface area contributed by atoms with Crippen LogP contribution < -0.4 is 0 Å². The van der Waals surface area contributed by atoms with E-state index in [4.69, 9.17) is 9.26 Å². The molecule has 0 spiro atoms. The highest BCUT2D eigenvalue weighted by molar-refractivity contribution is 5.97. The molecule has 8 heteroatoms. The number of nitrogens with zero attached hydrogens (tertiary/aromatic N) is 4. The number of carbonyl (C=O) groups excluding carboxylic acids is 2. The Morgan fingerprint density at radius 2 is 1.73 bits per heavy atom. The average Bonchev–Trinajstić information content (AvgIpc) is 3.34. The van der Waals surface area contributed by atoms with Crippen LogP contribution in [0, 0.1) is 0 Å². The monoisotopic (exact) mass is 446 g/mol. The molecule has 0 N–H and O–H groups in total. The molecular formula is C25H26N4O4. The van der Waals surface area contributed by atoms with E-state index in [9.17, 15) is 9.59 Å². The van der Waals surface area contributed by atoms with Crippen LogP contribution in [-0.2, 0) is 16.0 Å². The Labute approximate surface area is 192 Å². The molecule has 2 aliphatic rings. The van der Waals surface area contributed by atoms with Crippen LogP contribution in [0.15, 0.2) is 59.1 Å². The molecular weight excluding hydrogens is 420 g/mol. The minimum atomic E-state index is -1.18. The third kappa shape index (κ3) is 4.02. The molecule has 1 fully saturated rings. The molecule has 1 amide bonds. The molecule has 8 nitrogen and oxygen atoms in total. The highest BCUT2D eigenvalue weighted by atomic mass is 16.6. The number of hydrogen-bond acceptors (Lipinski definition) is 7. The van der Waals surface area contributed by atoms with E-state index in [-0.39, 0.29) is 11.9 Å². The molecule has 0 aliphatic carbocycles. The Kier molecular flexibility index (Phi) is 5.46. The summed E-state index contributed by atoms with van der Waals surface area (Å²) in [4.78, 5) is 34.4. The third-order valence-corrected chi connectivity index (χ3v) is 6.52. The van der Waals surface area contributed by atoms with Crippen LogP contribution in [0.3, 0.4) is 0 Å². The van der Waals surface area contributed by atoms with Crippen molar-refractivity contribution in [3.8, 4) is 11.4 Å². The third-order valence-electron chi connectivity index (χ3n) is 6.52. The second kappa shape index (κ2) is 8.44. The summed E-state index contributed by atoms with van der Waals surface area (Å²) < 4.78 is 11.2. The largest absolute Gasteiger partial charge is 0.445 e. The van der Waals surface area contributed by atoms with Crippen LogP contribution >= 0.6 is 0 Å². The van der Waals surface area contributed by atoms with Gasteiger partial charge in [-0.2, -0.15) is 4.98 Å². The first-order valence-corrected chi connectivity index (χ1v) is 11.2. The van der Waals surface area contributed by atoms with Crippen molar-refractivity contribution < 1.29 is 18.8 Å². The van der Waals surface area contributed by atoms with Gasteiger partial charge in [0.1, 0.15) is 0 Å². The summed E-state index contributed by atoms with van der Waals surface area (Å²) in [6.07, 6.45) is 0.384. The van der Waals surface area contributed by atoms with Gasteiger partial charge < -0.3 is 14.2 Å². The minimum absolute atomic E-state index is 0.0674. The van der Waals surface area contributed by atoms with E-state index in [0.29, 0.717) is 49.9 Å². The van der Waals surface area contributed by atoms with Gasteiger partial charge in [-0.15, -0.1) is 0 Å². The smallest absolute Gasteiger partial charge is 0.339 e. The first kappa shape index (κ1) is 21.3. The van der Waals surface area contributed by atoms with Crippen LogP contribution in [0.4, 0.5) is 0 Å². The fourth-order valence-electron chi connectivity index (χ4n) is 4.56. The summed E-state index contributed by atoms with van der Waals surface area (Å²) in [6.45, 7) is 6.14. The Bertz CT molecular complexity index is 1170. The molecule has 33 heavy (non-hydrogen) atoms. The topological polar surface area (TPSA) is 88.8 Å². The molecule has 1 aromatic heterocycles. The Balaban J connectivity index is 1.23. The van der Waals surface area contributed by atoms with Crippen molar-refractivity contribution in [2.45, 2.75) is 31.9 Å². The summed E-state index contributed by atoms with van der Waals surface area (Å²) in [5.74, 6) is 0.532. The average molecular weight is 447 g/mol. The van der Waals surface area contributed by atoms with E-state index < -0.39 is 11.6 Å². The van der Waals surface area contributed by atoms with E-state index in [1.54, 1.807) is 24.0 Å². The van der Waals surface area contributed by atoms with Gasteiger partial charge in [0.05, 0.1) is 11.6 Å². The molecule has 3 heterocycles. The normalized spacial score (nSPS) is 21.9. The van der Waals surface area contributed by atoms with Gasteiger partial charge >= 0.3 is 5.97 Å². The first-order valence-electron chi connectivity index (χ1n) is 11.2. The van der Waals surface area contributed by atoms with Gasteiger partial charge in [-0.25, -0.2) is 4.79 Å². The summed E-state index contributed by atoms with van der Waals surface area (Å²) in [7, 11) is 0. The van der Waals surface area contributed by atoms with Gasteiger partial charge in [-0.1, -0.05) is 53.7 Å². The lowest BCUT2D eigenvalue weighted by Gasteiger charge is -2.41. The van der Waals surface area contributed by atoms with E-state index in [2.05, 4.69) is 15.0 Å². The fourth-order valence-corrected chi connectivity index (χ4v) is 4.56. The van der Waals surface area contributed by atoms with Crippen LogP contribution in [-0.4, -0.2) is 63.6 Å². The van der Waals surface area contributed by atoms with Gasteiger partial charge in [-0.05, 0) is 25.5 Å². The lowest BCUT2D eigenvalue weighted by atomic mass is 9.88. The fraction of sp³-hybridized carbons (Fsp3) is 0.360. The van der Waals surface area contributed by atoms with E-state index in [1.165, 1.54) is 0 Å². The van der Waals surface area contributed by atoms with Crippen molar-refractivity contribution in [1.82, 2.24) is 19.9 Å². The van der Waals surface area contributed by atoms with Gasteiger partial charge in [-0.3, -0.25) is 9.69 Å². The second-order valence-corrected chi connectivity index (χ2v) is 8.78. The SMILES string of the molecule is CC(c1nc(-c2ccccc2)no1)N1CCN(C(=O)C2(C)Cc3ccccc3C(=O)O2)CC1. The van der Waals surface area contributed by atoms with Crippen LogP contribution in [0.2, 0.25) is 0 Å². The summed E-state index contributed by atoms with van der Waals surface area (Å²) in [5.41, 5.74) is 1.11. The Morgan fingerprint density at radius 3 is 2.48 bits per heavy atom. The highest BCUT2D eigenvalue weighted by Crippen LogP contribution is 2.31. The molecule has 5 rings (SSSR count). The maximum atomic E-state index is 13.3. The molecule has 2 aromatic carbocycles. The van der Waals surface area contributed by atoms with Crippen molar-refractivity contribution in [2.24, 2.45) is 0 Å². The van der Waals surface area contributed by atoms with Gasteiger partial charge in [0, 0.05) is 38.2 Å². The molecule has 2 aliphatic heterocycles. The molecule has 0 saturated carbocycles. The molecule has 3 aromatic rings. The summed E-state index contributed by atoms with van der Waals surface area (Å²) >= 11 is 0. The summed E-state index contributed by atoms with van der Waals surface area (Å²) in [6, 6.07) is 16.9. The zero-order valence-corrected chi connectivity index (χ0v) is 18.7. The van der Waals surface area contributed by atoms with Gasteiger partial charge in [0.25, 0.3) is 5.91 Å². The van der Waals surface area contributed by atoms with E-state index >= 15 is 0 Å². The number of ether oxygens (including phenoxy) is 1. The number of hydrogen-bond donors (Lipinski definition) is 0. The number of esters is 1. The number of carbonyl (C=O) groups is 2. The second-order valence-electron chi connectivity index (χ2n) is 8.78. The maximum Gasteiger partial charge on any atom is 0.339 e. The van der Waals surface area contributed by atoms with Gasteiger partial charge in [0.2, 0.25) is 11.7 Å².